The van der Waals surface area contributed by atoms with Gasteiger partial charge in [-0.15, -0.1) is 5.10 Å². The average Bonchev–Trinajstić information content (AvgIpc) is 3.14. The Morgan fingerprint density at radius 1 is 0.882 bits per heavy atom. The summed E-state index contributed by atoms with van der Waals surface area (Å²) in [7, 11) is -3.58. The van der Waals surface area contributed by atoms with Crippen LogP contribution in [0.2, 0.25) is 0 Å². The maximum atomic E-state index is 12.9. The number of sulfonamides is 1. The summed E-state index contributed by atoms with van der Waals surface area (Å²) in [5.74, 6) is 0.953. The fourth-order valence-electron chi connectivity index (χ4n) is 3.95. The standard InChI is InChI=1S/C23H24N4O6S/c28-21(16-5-8-18(9-6-16)34(29,30)27-11-3-1-2-4-12-27)24-23-26-25-22(33-23)17-7-10-19-20(15-17)32-14-13-31-19/h5-10,15H,1-4,11-14H2,(H,24,26,28). The summed E-state index contributed by atoms with van der Waals surface area (Å²) in [5.41, 5.74) is 0.897. The number of hydrogen-bond donors (Lipinski definition) is 1. The van der Waals surface area contributed by atoms with Gasteiger partial charge in [-0.05, 0) is 55.3 Å². The van der Waals surface area contributed by atoms with Crippen molar-refractivity contribution in [1.29, 1.82) is 0 Å². The van der Waals surface area contributed by atoms with Crippen LogP contribution in [0.3, 0.4) is 0 Å². The van der Waals surface area contributed by atoms with Gasteiger partial charge in [-0.2, -0.15) is 4.31 Å². The van der Waals surface area contributed by atoms with Gasteiger partial charge >= 0.3 is 6.01 Å². The van der Waals surface area contributed by atoms with Crippen molar-refractivity contribution >= 4 is 21.9 Å². The minimum Gasteiger partial charge on any atom is -0.486 e. The molecule has 5 rings (SSSR count). The van der Waals surface area contributed by atoms with Crippen LogP contribution < -0.4 is 14.8 Å². The molecule has 1 aromatic heterocycles. The van der Waals surface area contributed by atoms with Gasteiger partial charge in [0, 0.05) is 24.2 Å². The lowest BCUT2D eigenvalue weighted by atomic mass is 10.2. The average molecular weight is 485 g/mol. The van der Waals surface area contributed by atoms with Crippen molar-refractivity contribution in [1.82, 2.24) is 14.5 Å². The number of carbonyl (C=O) groups excluding carboxylic acids is 1. The molecule has 3 aromatic rings. The second kappa shape index (κ2) is 9.43. The molecule has 2 aliphatic rings. The Morgan fingerprint density at radius 2 is 1.59 bits per heavy atom. The van der Waals surface area contributed by atoms with Gasteiger partial charge in [0.1, 0.15) is 13.2 Å². The van der Waals surface area contributed by atoms with Crippen LogP contribution in [-0.2, 0) is 10.0 Å². The van der Waals surface area contributed by atoms with Crippen molar-refractivity contribution < 1.29 is 27.1 Å². The van der Waals surface area contributed by atoms with Gasteiger partial charge < -0.3 is 13.9 Å². The van der Waals surface area contributed by atoms with E-state index in [1.54, 1.807) is 18.2 Å². The van der Waals surface area contributed by atoms with E-state index in [4.69, 9.17) is 13.9 Å². The van der Waals surface area contributed by atoms with Crippen molar-refractivity contribution in [3.63, 3.8) is 0 Å². The minimum atomic E-state index is -3.58. The summed E-state index contributed by atoms with van der Waals surface area (Å²) in [6, 6.07) is 11.0. The van der Waals surface area contributed by atoms with Crippen molar-refractivity contribution in [2.75, 3.05) is 31.6 Å². The first-order valence-corrected chi connectivity index (χ1v) is 12.6. The highest BCUT2D eigenvalue weighted by molar-refractivity contribution is 7.89. The molecule has 2 aliphatic heterocycles. The summed E-state index contributed by atoms with van der Waals surface area (Å²) >= 11 is 0. The van der Waals surface area contributed by atoms with E-state index in [9.17, 15) is 13.2 Å². The molecule has 1 saturated heterocycles. The topological polar surface area (TPSA) is 124 Å². The summed E-state index contributed by atoms with van der Waals surface area (Å²) in [4.78, 5) is 12.8. The third-order valence-electron chi connectivity index (χ3n) is 5.75. The van der Waals surface area contributed by atoms with Crippen LogP contribution in [0, 0.1) is 0 Å². The molecule has 2 aromatic carbocycles. The Bertz CT molecular complexity index is 1280. The molecule has 0 aliphatic carbocycles. The molecule has 0 radical (unpaired) electrons. The van der Waals surface area contributed by atoms with Gasteiger partial charge in [-0.1, -0.05) is 17.9 Å². The van der Waals surface area contributed by atoms with Gasteiger partial charge in [0.25, 0.3) is 5.91 Å². The zero-order valence-corrected chi connectivity index (χ0v) is 19.2. The molecule has 11 heteroatoms. The maximum Gasteiger partial charge on any atom is 0.322 e. The van der Waals surface area contributed by atoms with Crippen LogP contribution in [-0.4, -0.2) is 55.1 Å². The third-order valence-corrected chi connectivity index (χ3v) is 7.67. The maximum absolute atomic E-state index is 12.9. The fourth-order valence-corrected chi connectivity index (χ4v) is 5.46. The monoisotopic (exact) mass is 484 g/mol. The largest absolute Gasteiger partial charge is 0.486 e. The molecule has 0 atom stereocenters. The van der Waals surface area contributed by atoms with Gasteiger partial charge in [0.15, 0.2) is 11.5 Å². The number of amides is 1. The molecule has 178 valence electrons. The van der Waals surface area contributed by atoms with Crippen molar-refractivity contribution in [3.05, 3.63) is 48.0 Å². The highest BCUT2D eigenvalue weighted by Crippen LogP contribution is 2.34. The zero-order valence-electron chi connectivity index (χ0n) is 18.4. The molecule has 1 N–H and O–H groups in total. The Balaban J connectivity index is 1.27. The first-order chi connectivity index (χ1) is 16.5. The molecule has 0 bridgehead atoms. The second-order valence-corrected chi connectivity index (χ2v) is 10.0. The van der Waals surface area contributed by atoms with E-state index in [0.717, 1.165) is 25.7 Å². The Kier molecular flexibility index (Phi) is 6.20. The Labute approximate surface area is 196 Å². The van der Waals surface area contributed by atoms with E-state index in [2.05, 4.69) is 15.5 Å². The van der Waals surface area contributed by atoms with E-state index in [0.29, 0.717) is 43.4 Å². The second-order valence-electron chi connectivity index (χ2n) is 8.07. The van der Waals surface area contributed by atoms with Crippen LogP contribution in [0.15, 0.2) is 51.8 Å². The zero-order chi connectivity index (χ0) is 23.5. The highest BCUT2D eigenvalue weighted by atomic mass is 32.2. The Hall–Kier alpha value is -3.44. The molecule has 0 spiro atoms. The molecule has 0 unspecified atom stereocenters. The van der Waals surface area contributed by atoms with Crippen molar-refractivity contribution in [3.8, 4) is 23.0 Å². The predicted octanol–water partition coefficient (Wildman–Crippen LogP) is 3.32. The lowest BCUT2D eigenvalue weighted by Crippen LogP contribution is -2.31. The SMILES string of the molecule is O=C(Nc1nnc(-c2ccc3c(c2)OCCO3)o1)c1ccc(S(=O)(=O)N2CCCCCC2)cc1. The van der Waals surface area contributed by atoms with Crippen molar-refractivity contribution in [2.24, 2.45) is 0 Å². The number of anilines is 1. The number of benzene rings is 2. The number of nitrogens with one attached hydrogen (secondary N) is 1. The molecule has 1 amide bonds. The summed E-state index contributed by atoms with van der Waals surface area (Å²) in [6.45, 7) is 1.99. The lowest BCUT2D eigenvalue weighted by Gasteiger charge is -2.19. The third kappa shape index (κ3) is 4.62. The smallest absolute Gasteiger partial charge is 0.322 e. The normalized spacial score (nSPS) is 16.6. The van der Waals surface area contributed by atoms with Gasteiger partial charge in [-0.25, -0.2) is 8.42 Å². The number of carbonyl (C=O) groups is 1. The summed E-state index contributed by atoms with van der Waals surface area (Å²) in [6.07, 6.45) is 3.80. The van der Waals surface area contributed by atoms with E-state index in [-0.39, 0.29) is 22.4 Å². The predicted molar refractivity (Wildman–Crippen MR) is 122 cm³/mol. The minimum absolute atomic E-state index is 0.0730. The number of fused-ring (bicyclic) bond motifs is 1. The number of rotatable bonds is 5. The van der Waals surface area contributed by atoms with E-state index in [1.165, 1.54) is 28.6 Å². The summed E-state index contributed by atoms with van der Waals surface area (Å²) in [5, 5.41) is 10.4. The quantitative estimate of drug-likeness (QED) is 0.585. The van der Waals surface area contributed by atoms with Crippen LogP contribution in [0.25, 0.3) is 11.5 Å². The van der Waals surface area contributed by atoms with Crippen LogP contribution in [0.5, 0.6) is 11.5 Å². The highest BCUT2D eigenvalue weighted by Gasteiger charge is 2.25. The molecule has 1 fully saturated rings. The molecule has 0 saturated carbocycles. The van der Waals surface area contributed by atoms with E-state index < -0.39 is 15.9 Å². The lowest BCUT2D eigenvalue weighted by molar-refractivity contribution is 0.102. The fraction of sp³-hybridized carbons (Fsp3) is 0.348. The first-order valence-electron chi connectivity index (χ1n) is 11.2. The van der Waals surface area contributed by atoms with E-state index in [1.807, 2.05) is 0 Å². The molecule has 34 heavy (non-hydrogen) atoms. The Morgan fingerprint density at radius 3 is 2.32 bits per heavy atom. The van der Waals surface area contributed by atoms with Crippen molar-refractivity contribution in [2.45, 2.75) is 30.6 Å². The molecule has 10 nitrogen and oxygen atoms in total. The van der Waals surface area contributed by atoms with E-state index >= 15 is 0 Å². The number of ether oxygens (including phenoxy) is 2. The van der Waals surface area contributed by atoms with Gasteiger partial charge in [-0.3, -0.25) is 10.1 Å². The first kappa shape index (κ1) is 22.4. The molecule has 3 heterocycles. The summed E-state index contributed by atoms with van der Waals surface area (Å²) < 4.78 is 44.0. The number of nitrogens with zero attached hydrogens (tertiary/aromatic N) is 3. The molecular weight excluding hydrogens is 460 g/mol. The van der Waals surface area contributed by atoms with Gasteiger partial charge in [0.05, 0.1) is 4.90 Å². The van der Waals surface area contributed by atoms with Crippen LogP contribution in [0.4, 0.5) is 6.01 Å². The number of aromatic nitrogens is 2. The number of hydrogen-bond acceptors (Lipinski definition) is 8. The van der Waals surface area contributed by atoms with Crippen LogP contribution >= 0.6 is 0 Å². The molecular formula is C23H24N4O6S. The van der Waals surface area contributed by atoms with Crippen LogP contribution in [0.1, 0.15) is 36.0 Å². The van der Waals surface area contributed by atoms with Gasteiger partial charge in [0.2, 0.25) is 15.9 Å².